The molecule has 0 spiro atoms. The molecule has 1 N–H and O–H groups in total. The number of carbonyl (C=O) groups excluding carboxylic acids is 1. The van der Waals surface area contributed by atoms with Crippen LogP contribution < -0.4 is 9.47 Å². The van der Waals surface area contributed by atoms with E-state index < -0.39 is 5.82 Å². The van der Waals surface area contributed by atoms with Gasteiger partial charge in [0.05, 0.1) is 20.8 Å². The minimum absolute atomic E-state index is 0.0388. The molecule has 0 aliphatic rings. The first-order valence-corrected chi connectivity index (χ1v) is 4.69. The molecule has 0 fully saturated rings. The van der Waals surface area contributed by atoms with Crippen molar-refractivity contribution >= 4 is 5.78 Å². The molecule has 0 saturated heterocycles. The van der Waals surface area contributed by atoms with E-state index in [2.05, 4.69) is 0 Å². The third kappa shape index (κ3) is 2.49. The van der Waals surface area contributed by atoms with E-state index in [0.29, 0.717) is 0 Å². The van der Waals surface area contributed by atoms with Crippen molar-refractivity contribution in [1.29, 1.82) is 0 Å². The lowest BCUT2D eigenvalue weighted by atomic mass is 10.1. The van der Waals surface area contributed by atoms with Crippen molar-refractivity contribution in [2.75, 3.05) is 20.8 Å². The lowest BCUT2D eigenvalue weighted by molar-refractivity contribution is 0.0955. The Morgan fingerprint density at radius 1 is 1.38 bits per heavy atom. The molecule has 1 rings (SSSR count). The van der Waals surface area contributed by atoms with Crippen LogP contribution in [0.5, 0.6) is 11.5 Å². The Labute approximate surface area is 92.6 Å². The van der Waals surface area contributed by atoms with Crippen molar-refractivity contribution in [3.05, 3.63) is 23.5 Å². The van der Waals surface area contributed by atoms with Crippen molar-refractivity contribution in [3.63, 3.8) is 0 Å². The quantitative estimate of drug-likeness (QED) is 0.774. The summed E-state index contributed by atoms with van der Waals surface area (Å²) in [6, 6.07) is 2.46. The summed E-state index contributed by atoms with van der Waals surface area (Å²) in [5, 5.41) is 8.62. The van der Waals surface area contributed by atoms with Crippen LogP contribution in [0.15, 0.2) is 12.1 Å². The Morgan fingerprint density at radius 2 is 2.06 bits per heavy atom. The van der Waals surface area contributed by atoms with Gasteiger partial charge in [-0.3, -0.25) is 4.79 Å². The minimum Gasteiger partial charge on any atom is -0.493 e. The standard InChI is InChI=1S/C11H13FO4/c1-15-10-6-7(9(14)3-4-13)5-8(12)11(10)16-2/h5-6,13H,3-4H2,1-2H3. The highest BCUT2D eigenvalue weighted by Crippen LogP contribution is 2.31. The van der Waals surface area contributed by atoms with Gasteiger partial charge in [0.2, 0.25) is 0 Å². The number of carbonyl (C=O) groups is 1. The first-order valence-electron chi connectivity index (χ1n) is 4.69. The molecule has 0 bridgehead atoms. The highest BCUT2D eigenvalue weighted by molar-refractivity contribution is 5.96. The number of Topliss-reactive ketones (excluding diaryl/α,β-unsaturated/α-hetero) is 1. The topological polar surface area (TPSA) is 55.8 Å². The molecule has 0 unspecified atom stereocenters. The fourth-order valence-corrected chi connectivity index (χ4v) is 1.32. The van der Waals surface area contributed by atoms with Crippen LogP contribution >= 0.6 is 0 Å². The van der Waals surface area contributed by atoms with Crippen molar-refractivity contribution in [2.24, 2.45) is 0 Å². The zero-order valence-corrected chi connectivity index (χ0v) is 9.12. The molecule has 0 amide bonds. The number of aliphatic hydroxyl groups is 1. The summed E-state index contributed by atoms with van der Waals surface area (Å²) < 4.78 is 23.2. The van der Waals surface area contributed by atoms with Gasteiger partial charge in [0.25, 0.3) is 0 Å². The van der Waals surface area contributed by atoms with Crippen LogP contribution in [-0.2, 0) is 0 Å². The van der Waals surface area contributed by atoms with Crippen LogP contribution in [0.1, 0.15) is 16.8 Å². The fourth-order valence-electron chi connectivity index (χ4n) is 1.32. The van der Waals surface area contributed by atoms with Crippen molar-refractivity contribution in [3.8, 4) is 11.5 Å². The maximum atomic E-state index is 13.5. The van der Waals surface area contributed by atoms with Crippen molar-refractivity contribution < 1.29 is 23.8 Å². The second-order valence-electron chi connectivity index (χ2n) is 3.09. The van der Waals surface area contributed by atoms with E-state index >= 15 is 0 Å². The van der Waals surface area contributed by atoms with Crippen LogP contribution in [-0.4, -0.2) is 31.7 Å². The Balaban J connectivity index is 3.15. The molecule has 0 saturated carbocycles. The number of aliphatic hydroxyl groups excluding tert-OH is 1. The van der Waals surface area contributed by atoms with E-state index in [-0.39, 0.29) is 35.9 Å². The summed E-state index contributed by atoms with van der Waals surface area (Å²) >= 11 is 0. The average Bonchev–Trinajstić information content (AvgIpc) is 2.28. The van der Waals surface area contributed by atoms with E-state index in [4.69, 9.17) is 14.6 Å². The number of rotatable bonds is 5. The zero-order chi connectivity index (χ0) is 12.1. The molecular weight excluding hydrogens is 215 g/mol. The number of ketones is 1. The molecule has 1 aromatic carbocycles. The van der Waals surface area contributed by atoms with Gasteiger partial charge in [0, 0.05) is 12.0 Å². The van der Waals surface area contributed by atoms with Gasteiger partial charge < -0.3 is 14.6 Å². The van der Waals surface area contributed by atoms with Crippen molar-refractivity contribution in [1.82, 2.24) is 0 Å². The lowest BCUT2D eigenvalue weighted by Gasteiger charge is -2.10. The largest absolute Gasteiger partial charge is 0.493 e. The number of hydrogen-bond acceptors (Lipinski definition) is 4. The Kier molecular flexibility index (Phi) is 4.25. The Morgan fingerprint density at radius 3 is 2.56 bits per heavy atom. The lowest BCUT2D eigenvalue weighted by Crippen LogP contribution is -2.04. The van der Waals surface area contributed by atoms with Crippen LogP contribution in [0.25, 0.3) is 0 Å². The summed E-state index contributed by atoms with van der Waals surface area (Å²) in [5.74, 6) is -0.891. The Bertz CT molecular complexity index is 390. The maximum Gasteiger partial charge on any atom is 0.196 e. The Hall–Kier alpha value is -1.62. The molecule has 0 aliphatic heterocycles. The van der Waals surface area contributed by atoms with Gasteiger partial charge in [-0.05, 0) is 12.1 Å². The molecule has 0 radical (unpaired) electrons. The minimum atomic E-state index is -0.664. The molecule has 0 heterocycles. The monoisotopic (exact) mass is 228 g/mol. The summed E-state index contributed by atoms with van der Waals surface area (Å²) in [7, 11) is 2.67. The second-order valence-corrected chi connectivity index (χ2v) is 3.09. The molecule has 0 aromatic heterocycles. The molecule has 1 aromatic rings. The highest BCUT2D eigenvalue weighted by Gasteiger charge is 2.15. The third-order valence-electron chi connectivity index (χ3n) is 2.09. The van der Waals surface area contributed by atoms with Crippen LogP contribution in [0.2, 0.25) is 0 Å². The summed E-state index contributed by atoms with van der Waals surface area (Å²) in [6.45, 7) is -0.269. The first-order chi connectivity index (χ1) is 7.63. The molecule has 0 aliphatic carbocycles. The maximum absolute atomic E-state index is 13.5. The molecule has 0 atom stereocenters. The van der Waals surface area contributed by atoms with Crippen LogP contribution in [0.4, 0.5) is 4.39 Å². The molecule has 88 valence electrons. The zero-order valence-electron chi connectivity index (χ0n) is 9.12. The second kappa shape index (κ2) is 5.46. The summed E-state index contributed by atoms with van der Waals surface area (Å²) in [6.07, 6.45) is -0.0467. The SMILES string of the molecule is COc1cc(C(=O)CCO)cc(F)c1OC. The molecular formula is C11H13FO4. The van der Waals surface area contributed by atoms with Gasteiger partial charge in [-0.25, -0.2) is 4.39 Å². The van der Waals surface area contributed by atoms with Gasteiger partial charge in [-0.15, -0.1) is 0 Å². The van der Waals surface area contributed by atoms with Gasteiger partial charge in [-0.2, -0.15) is 0 Å². The van der Waals surface area contributed by atoms with Crippen LogP contribution in [0, 0.1) is 5.82 Å². The van der Waals surface area contributed by atoms with Gasteiger partial charge in [0.1, 0.15) is 0 Å². The molecule has 5 heteroatoms. The summed E-state index contributed by atoms with van der Waals surface area (Å²) in [5.41, 5.74) is 0.157. The van der Waals surface area contributed by atoms with Crippen LogP contribution in [0.3, 0.4) is 0 Å². The smallest absolute Gasteiger partial charge is 0.196 e. The van der Waals surface area contributed by atoms with E-state index in [1.165, 1.54) is 20.3 Å². The number of halogens is 1. The summed E-state index contributed by atoms with van der Waals surface area (Å²) in [4.78, 5) is 11.4. The van der Waals surface area contributed by atoms with E-state index in [9.17, 15) is 9.18 Å². The molecule has 4 nitrogen and oxygen atoms in total. The predicted octanol–water partition coefficient (Wildman–Crippen LogP) is 1.41. The number of ether oxygens (including phenoxy) is 2. The highest BCUT2D eigenvalue weighted by atomic mass is 19.1. The van der Waals surface area contributed by atoms with E-state index in [1.54, 1.807) is 0 Å². The van der Waals surface area contributed by atoms with E-state index in [1.807, 2.05) is 0 Å². The van der Waals surface area contributed by atoms with Gasteiger partial charge >= 0.3 is 0 Å². The normalized spacial score (nSPS) is 10.0. The van der Waals surface area contributed by atoms with Crippen molar-refractivity contribution in [2.45, 2.75) is 6.42 Å². The van der Waals surface area contributed by atoms with E-state index in [0.717, 1.165) is 6.07 Å². The number of methoxy groups -OCH3 is 2. The van der Waals surface area contributed by atoms with Gasteiger partial charge in [0.15, 0.2) is 23.1 Å². The van der Waals surface area contributed by atoms with Gasteiger partial charge in [-0.1, -0.05) is 0 Å². The first kappa shape index (κ1) is 12.4. The third-order valence-corrected chi connectivity index (χ3v) is 2.09. The average molecular weight is 228 g/mol. The number of hydrogen-bond donors (Lipinski definition) is 1. The number of benzene rings is 1. The molecule has 16 heavy (non-hydrogen) atoms. The fraction of sp³-hybridized carbons (Fsp3) is 0.364. The predicted molar refractivity (Wildman–Crippen MR) is 55.5 cm³/mol.